The lowest BCUT2D eigenvalue weighted by molar-refractivity contribution is -0.0499. The van der Waals surface area contributed by atoms with E-state index in [0.717, 1.165) is 25.9 Å². The SMILES string of the molecule is CN(C(=O)c1cccc(OC(F)F)c1)C1CCNCC1.Cl. The number of carbonyl (C=O) groups excluding carboxylic acids is 1. The third-order valence-electron chi connectivity index (χ3n) is 3.48. The Bertz CT molecular complexity index is 468. The first-order chi connectivity index (χ1) is 9.58. The van der Waals surface area contributed by atoms with Crippen LogP contribution >= 0.6 is 12.4 Å². The molecule has 1 aromatic carbocycles. The zero-order valence-corrected chi connectivity index (χ0v) is 12.5. The van der Waals surface area contributed by atoms with Crippen LogP contribution in [0.1, 0.15) is 23.2 Å². The topological polar surface area (TPSA) is 41.6 Å². The van der Waals surface area contributed by atoms with Crippen LogP contribution in [0.4, 0.5) is 8.78 Å². The number of amides is 1. The van der Waals surface area contributed by atoms with E-state index in [1.807, 2.05) is 0 Å². The predicted octanol–water partition coefficient (Wildman–Crippen LogP) is 2.53. The smallest absolute Gasteiger partial charge is 0.387 e. The van der Waals surface area contributed by atoms with E-state index in [0.29, 0.717) is 5.56 Å². The van der Waals surface area contributed by atoms with E-state index >= 15 is 0 Å². The highest BCUT2D eigenvalue weighted by molar-refractivity contribution is 5.94. The van der Waals surface area contributed by atoms with Gasteiger partial charge in [-0.25, -0.2) is 0 Å². The molecule has 118 valence electrons. The van der Waals surface area contributed by atoms with Crippen LogP contribution in [0.25, 0.3) is 0 Å². The third kappa shape index (κ3) is 4.82. The van der Waals surface area contributed by atoms with Crippen molar-refractivity contribution in [3.8, 4) is 5.75 Å². The van der Waals surface area contributed by atoms with Crippen LogP contribution in [-0.4, -0.2) is 43.6 Å². The van der Waals surface area contributed by atoms with Gasteiger partial charge in [0, 0.05) is 18.7 Å². The highest BCUT2D eigenvalue weighted by Gasteiger charge is 2.23. The molecule has 0 aliphatic carbocycles. The molecule has 0 unspecified atom stereocenters. The number of ether oxygens (including phenoxy) is 1. The average Bonchev–Trinajstić information content (AvgIpc) is 2.46. The van der Waals surface area contributed by atoms with E-state index in [2.05, 4.69) is 10.1 Å². The van der Waals surface area contributed by atoms with Crippen molar-refractivity contribution in [3.63, 3.8) is 0 Å². The van der Waals surface area contributed by atoms with Gasteiger partial charge in [-0.05, 0) is 44.1 Å². The molecule has 2 rings (SSSR count). The summed E-state index contributed by atoms with van der Waals surface area (Å²) in [6, 6.07) is 6.10. The molecule has 1 fully saturated rings. The molecule has 0 bridgehead atoms. The summed E-state index contributed by atoms with van der Waals surface area (Å²) >= 11 is 0. The van der Waals surface area contributed by atoms with Gasteiger partial charge in [-0.1, -0.05) is 6.07 Å². The predicted molar refractivity (Wildman–Crippen MR) is 78.3 cm³/mol. The third-order valence-corrected chi connectivity index (χ3v) is 3.48. The second kappa shape index (κ2) is 8.14. The van der Waals surface area contributed by atoms with Crippen molar-refractivity contribution >= 4 is 18.3 Å². The van der Waals surface area contributed by atoms with Crippen molar-refractivity contribution in [1.82, 2.24) is 10.2 Å². The van der Waals surface area contributed by atoms with Crippen LogP contribution < -0.4 is 10.1 Å². The molecule has 4 nitrogen and oxygen atoms in total. The Morgan fingerprint density at radius 1 is 1.38 bits per heavy atom. The molecule has 0 spiro atoms. The van der Waals surface area contributed by atoms with Crippen molar-refractivity contribution in [1.29, 1.82) is 0 Å². The molecule has 1 aromatic rings. The average molecular weight is 321 g/mol. The summed E-state index contributed by atoms with van der Waals surface area (Å²) in [6.07, 6.45) is 1.80. The number of halogens is 3. The summed E-state index contributed by atoms with van der Waals surface area (Å²) in [5.41, 5.74) is 0.365. The Labute approximate surface area is 128 Å². The van der Waals surface area contributed by atoms with Gasteiger partial charge in [0.2, 0.25) is 0 Å². The van der Waals surface area contributed by atoms with Crippen LogP contribution in [0, 0.1) is 0 Å². The van der Waals surface area contributed by atoms with Gasteiger partial charge in [-0.3, -0.25) is 4.79 Å². The van der Waals surface area contributed by atoms with Gasteiger partial charge in [-0.15, -0.1) is 12.4 Å². The fourth-order valence-electron chi connectivity index (χ4n) is 2.37. The lowest BCUT2D eigenvalue weighted by atomic mass is 10.0. The van der Waals surface area contributed by atoms with Gasteiger partial charge in [0.25, 0.3) is 5.91 Å². The summed E-state index contributed by atoms with van der Waals surface area (Å²) in [4.78, 5) is 14.0. The highest BCUT2D eigenvalue weighted by atomic mass is 35.5. The lowest BCUT2D eigenvalue weighted by Gasteiger charge is -2.31. The minimum atomic E-state index is -2.89. The Balaban J connectivity index is 0.00000220. The lowest BCUT2D eigenvalue weighted by Crippen LogP contribution is -2.43. The molecular weight excluding hydrogens is 302 g/mol. The number of benzene rings is 1. The van der Waals surface area contributed by atoms with E-state index in [1.165, 1.54) is 12.1 Å². The summed E-state index contributed by atoms with van der Waals surface area (Å²) in [7, 11) is 1.75. The van der Waals surface area contributed by atoms with Gasteiger partial charge in [0.1, 0.15) is 5.75 Å². The van der Waals surface area contributed by atoms with Crippen molar-refractivity contribution in [2.24, 2.45) is 0 Å². The van der Waals surface area contributed by atoms with Crippen LogP contribution in [-0.2, 0) is 0 Å². The van der Waals surface area contributed by atoms with Crippen molar-refractivity contribution in [2.75, 3.05) is 20.1 Å². The summed E-state index contributed by atoms with van der Waals surface area (Å²) in [5, 5.41) is 3.24. The van der Waals surface area contributed by atoms with Crippen LogP contribution in [0.5, 0.6) is 5.75 Å². The molecule has 0 saturated carbocycles. The largest absolute Gasteiger partial charge is 0.435 e. The van der Waals surface area contributed by atoms with Gasteiger partial charge in [-0.2, -0.15) is 8.78 Å². The summed E-state index contributed by atoms with van der Waals surface area (Å²) in [5.74, 6) is -0.166. The maximum Gasteiger partial charge on any atom is 0.387 e. The van der Waals surface area contributed by atoms with Crippen molar-refractivity contribution in [3.05, 3.63) is 29.8 Å². The number of piperidine rings is 1. The number of hydrogen-bond acceptors (Lipinski definition) is 3. The first kappa shape index (κ1) is 17.7. The second-order valence-electron chi connectivity index (χ2n) is 4.80. The first-order valence-corrected chi connectivity index (χ1v) is 6.60. The fourth-order valence-corrected chi connectivity index (χ4v) is 2.37. The molecule has 1 heterocycles. The van der Waals surface area contributed by atoms with Gasteiger partial charge in [0.15, 0.2) is 0 Å². The molecule has 21 heavy (non-hydrogen) atoms. The standard InChI is InChI=1S/C14H18F2N2O2.ClH/c1-18(11-5-7-17-8-6-11)13(19)10-3-2-4-12(9-10)20-14(15)16;/h2-4,9,11,14,17H,5-8H2,1H3;1H. The number of rotatable bonds is 4. The number of carbonyl (C=O) groups is 1. The number of nitrogens with zero attached hydrogens (tertiary/aromatic N) is 1. The summed E-state index contributed by atoms with van der Waals surface area (Å²) in [6.45, 7) is -1.12. The van der Waals surface area contributed by atoms with E-state index in [-0.39, 0.29) is 30.1 Å². The fraction of sp³-hybridized carbons (Fsp3) is 0.500. The van der Waals surface area contributed by atoms with E-state index in [4.69, 9.17) is 0 Å². The zero-order valence-electron chi connectivity index (χ0n) is 11.7. The maximum absolute atomic E-state index is 12.3. The van der Waals surface area contributed by atoms with E-state index < -0.39 is 6.61 Å². The molecule has 0 radical (unpaired) electrons. The highest BCUT2D eigenvalue weighted by Crippen LogP contribution is 2.19. The monoisotopic (exact) mass is 320 g/mol. The van der Waals surface area contributed by atoms with Crippen LogP contribution in [0.15, 0.2) is 24.3 Å². The maximum atomic E-state index is 12.3. The van der Waals surface area contributed by atoms with Crippen molar-refractivity contribution in [2.45, 2.75) is 25.5 Å². The van der Waals surface area contributed by atoms with E-state index in [9.17, 15) is 13.6 Å². The Kier molecular flexibility index (Phi) is 6.84. The molecule has 0 aromatic heterocycles. The van der Waals surface area contributed by atoms with Gasteiger partial charge in [0.05, 0.1) is 0 Å². The number of nitrogens with one attached hydrogen (secondary N) is 1. The molecule has 1 N–H and O–H groups in total. The minimum absolute atomic E-state index is 0. The number of alkyl halides is 2. The Morgan fingerprint density at radius 2 is 2.05 bits per heavy atom. The molecule has 1 aliphatic rings. The molecule has 0 atom stereocenters. The van der Waals surface area contributed by atoms with Crippen LogP contribution in [0.3, 0.4) is 0 Å². The molecule has 7 heteroatoms. The molecule has 1 aliphatic heterocycles. The first-order valence-electron chi connectivity index (χ1n) is 6.60. The van der Waals surface area contributed by atoms with Crippen molar-refractivity contribution < 1.29 is 18.3 Å². The molecule has 1 amide bonds. The Hall–Kier alpha value is -1.40. The van der Waals surface area contributed by atoms with Crippen LogP contribution in [0.2, 0.25) is 0 Å². The minimum Gasteiger partial charge on any atom is -0.435 e. The zero-order chi connectivity index (χ0) is 14.5. The summed E-state index contributed by atoms with van der Waals surface area (Å²) < 4.78 is 28.7. The van der Waals surface area contributed by atoms with Gasteiger partial charge >= 0.3 is 6.61 Å². The second-order valence-corrected chi connectivity index (χ2v) is 4.80. The Morgan fingerprint density at radius 3 is 2.67 bits per heavy atom. The molecular formula is C14H19ClF2N2O2. The molecule has 1 saturated heterocycles. The van der Waals surface area contributed by atoms with Gasteiger partial charge < -0.3 is 15.0 Å². The normalized spacial score (nSPS) is 15.4. The van der Waals surface area contributed by atoms with E-state index in [1.54, 1.807) is 24.1 Å². The quantitative estimate of drug-likeness (QED) is 0.927. The number of hydrogen-bond donors (Lipinski definition) is 1.